The van der Waals surface area contributed by atoms with E-state index >= 15 is 0 Å². The zero-order valence-electron chi connectivity index (χ0n) is 8.01. The predicted octanol–water partition coefficient (Wildman–Crippen LogP) is 2.00. The number of carbonyl (C=O) groups is 1. The lowest BCUT2D eigenvalue weighted by Crippen LogP contribution is -1.92. The monoisotopic (exact) mass is 207 g/mol. The minimum Gasteiger partial charge on any atom is -0.478 e. The molecule has 0 heterocycles. The molecule has 0 aliphatic heterocycles. The molecule has 15 heavy (non-hydrogen) atoms. The van der Waals surface area contributed by atoms with Crippen LogP contribution in [0.25, 0.3) is 6.08 Å². The standard InChI is InChI=1S/C10H9NO4/c1-7-2-3-8(4-5-10(12)13)6-9(7)11(14)15/h2-6H,1H3,(H,12,13)/b5-4+. The van der Waals surface area contributed by atoms with Crippen LogP contribution in [0.5, 0.6) is 0 Å². The SMILES string of the molecule is Cc1ccc(/C=C/C(=O)O)cc1[N+](=O)[O-]. The van der Waals surface area contributed by atoms with Gasteiger partial charge in [0.25, 0.3) is 5.69 Å². The molecule has 1 aromatic carbocycles. The minimum atomic E-state index is -1.08. The topological polar surface area (TPSA) is 80.4 Å². The Bertz CT molecular complexity index is 437. The van der Waals surface area contributed by atoms with E-state index in [0.29, 0.717) is 11.1 Å². The summed E-state index contributed by atoms with van der Waals surface area (Å²) in [4.78, 5) is 20.3. The molecule has 0 bridgehead atoms. The summed E-state index contributed by atoms with van der Waals surface area (Å²) in [5, 5.41) is 19.0. The Kier molecular flexibility index (Phi) is 3.17. The van der Waals surface area contributed by atoms with E-state index in [1.54, 1.807) is 19.1 Å². The molecule has 1 rings (SSSR count). The summed E-state index contributed by atoms with van der Waals surface area (Å²) in [7, 11) is 0. The minimum absolute atomic E-state index is 0.0115. The quantitative estimate of drug-likeness (QED) is 0.467. The van der Waals surface area contributed by atoms with Crippen molar-refractivity contribution in [2.45, 2.75) is 6.92 Å². The van der Waals surface area contributed by atoms with Gasteiger partial charge in [0.15, 0.2) is 0 Å². The normalized spacial score (nSPS) is 10.5. The van der Waals surface area contributed by atoms with Gasteiger partial charge in [0, 0.05) is 17.7 Å². The number of carboxylic acid groups (broad SMARTS) is 1. The molecule has 0 unspecified atom stereocenters. The lowest BCUT2D eigenvalue weighted by Gasteiger charge is -1.97. The number of nitro groups is 1. The average molecular weight is 207 g/mol. The first-order chi connectivity index (χ1) is 7.00. The first-order valence-electron chi connectivity index (χ1n) is 4.17. The number of aliphatic carboxylic acids is 1. The highest BCUT2D eigenvalue weighted by atomic mass is 16.6. The van der Waals surface area contributed by atoms with E-state index in [2.05, 4.69) is 0 Å². The Hall–Kier alpha value is -2.17. The van der Waals surface area contributed by atoms with Gasteiger partial charge >= 0.3 is 5.97 Å². The first kappa shape index (κ1) is 10.9. The maximum atomic E-state index is 10.6. The lowest BCUT2D eigenvalue weighted by atomic mass is 10.1. The number of hydrogen-bond donors (Lipinski definition) is 1. The molecule has 0 atom stereocenters. The van der Waals surface area contributed by atoms with Crippen molar-refractivity contribution in [1.29, 1.82) is 0 Å². The number of nitrogens with zero attached hydrogens (tertiary/aromatic N) is 1. The van der Waals surface area contributed by atoms with Crippen molar-refractivity contribution in [3.05, 3.63) is 45.5 Å². The van der Waals surface area contributed by atoms with E-state index in [1.807, 2.05) is 0 Å². The molecule has 0 saturated carbocycles. The smallest absolute Gasteiger partial charge is 0.328 e. The van der Waals surface area contributed by atoms with Crippen LogP contribution in [0.1, 0.15) is 11.1 Å². The molecule has 5 nitrogen and oxygen atoms in total. The van der Waals surface area contributed by atoms with Gasteiger partial charge in [-0.1, -0.05) is 12.1 Å². The van der Waals surface area contributed by atoms with E-state index in [1.165, 1.54) is 12.1 Å². The van der Waals surface area contributed by atoms with Crippen LogP contribution in [-0.2, 0) is 4.79 Å². The first-order valence-corrected chi connectivity index (χ1v) is 4.17. The van der Waals surface area contributed by atoms with Gasteiger partial charge in [-0.15, -0.1) is 0 Å². The van der Waals surface area contributed by atoms with Gasteiger partial charge in [-0.2, -0.15) is 0 Å². The van der Waals surface area contributed by atoms with E-state index in [9.17, 15) is 14.9 Å². The second-order valence-corrected chi connectivity index (χ2v) is 2.97. The molecule has 5 heteroatoms. The van der Waals surface area contributed by atoms with E-state index in [4.69, 9.17) is 5.11 Å². The summed E-state index contributed by atoms with van der Waals surface area (Å²) < 4.78 is 0. The van der Waals surface area contributed by atoms with Crippen LogP contribution in [0, 0.1) is 17.0 Å². The molecule has 1 N–H and O–H groups in total. The number of nitro benzene ring substituents is 1. The average Bonchev–Trinajstić information content (AvgIpc) is 2.16. The van der Waals surface area contributed by atoms with Crippen LogP contribution >= 0.6 is 0 Å². The predicted molar refractivity (Wildman–Crippen MR) is 54.5 cm³/mol. The van der Waals surface area contributed by atoms with Crippen LogP contribution in [0.4, 0.5) is 5.69 Å². The largest absolute Gasteiger partial charge is 0.478 e. The summed E-state index contributed by atoms with van der Waals surface area (Å²) in [6, 6.07) is 4.55. The zero-order valence-corrected chi connectivity index (χ0v) is 8.01. The van der Waals surface area contributed by atoms with Crippen LogP contribution in [0.15, 0.2) is 24.3 Å². The second kappa shape index (κ2) is 4.36. The van der Waals surface area contributed by atoms with Crippen molar-refractivity contribution in [3.8, 4) is 0 Å². The number of rotatable bonds is 3. The molecule has 0 radical (unpaired) electrons. The fraction of sp³-hybridized carbons (Fsp3) is 0.100. The lowest BCUT2D eigenvalue weighted by molar-refractivity contribution is -0.385. The van der Waals surface area contributed by atoms with Gasteiger partial charge in [-0.05, 0) is 18.6 Å². The molecular formula is C10H9NO4. The van der Waals surface area contributed by atoms with E-state index in [0.717, 1.165) is 6.08 Å². The van der Waals surface area contributed by atoms with Gasteiger partial charge < -0.3 is 5.11 Å². The Morgan fingerprint density at radius 3 is 2.73 bits per heavy atom. The zero-order chi connectivity index (χ0) is 11.4. The van der Waals surface area contributed by atoms with Crippen molar-refractivity contribution in [1.82, 2.24) is 0 Å². The number of benzene rings is 1. The third-order valence-corrected chi connectivity index (χ3v) is 1.85. The Morgan fingerprint density at radius 2 is 2.20 bits per heavy atom. The molecule has 0 fully saturated rings. The molecule has 0 spiro atoms. The molecule has 0 amide bonds. The Balaban J connectivity index is 3.08. The highest BCUT2D eigenvalue weighted by Crippen LogP contribution is 2.19. The fourth-order valence-electron chi connectivity index (χ4n) is 1.09. The van der Waals surface area contributed by atoms with Gasteiger partial charge in [0.05, 0.1) is 4.92 Å². The van der Waals surface area contributed by atoms with Crippen molar-refractivity contribution >= 4 is 17.7 Å². The second-order valence-electron chi connectivity index (χ2n) is 2.97. The summed E-state index contributed by atoms with van der Waals surface area (Å²) in [5.41, 5.74) is 1.03. The number of carboxylic acids is 1. The molecule has 0 aromatic heterocycles. The highest BCUT2D eigenvalue weighted by molar-refractivity contribution is 5.85. The number of hydrogen-bond acceptors (Lipinski definition) is 3. The Morgan fingerprint density at radius 1 is 1.53 bits per heavy atom. The summed E-state index contributed by atoms with van der Waals surface area (Å²) >= 11 is 0. The maximum Gasteiger partial charge on any atom is 0.328 e. The van der Waals surface area contributed by atoms with Gasteiger partial charge in [-0.25, -0.2) is 4.79 Å². The third-order valence-electron chi connectivity index (χ3n) is 1.85. The molecule has 0 aliphatic rings. The van der Waals surface area contributed by atoms with Gasteiger partial charge in [0.2, 0.25) is 0 Å². The molecule has 1 aromatic rings. The highest BCUT2D eigenvalue weighted by Gasteiger charge is 2.09. The van der Waals surface area contributed by atoms with Crippen molar-refractivity contribution in [3.63, 3.8) is 0 Å². The fourth-order valence-corrected chi connectivity index (χ4v) is 1.09. The molecular weight excluding hydrogens is 198 g/mol. The van der Waals surface area contributed by atoms with Crippen molar-refractivity contribution < 1.29 is 14.8 Å². The van der Waals surface area contributed by atoms with Crippen molar-refractivity contribution in [2.75, 3.05) is 0 Å². The van der Waals surface area contributed by atoms with Crippen LogP contribution in [-0.4, -0.2) is 16.0 Å². The van der Waals surface area contributed by atoms with Crippen LogP contribution in [0.2, 0.25) is 0 Å². The third kappa shape index (κ3) is 2.91. The summed E-state index contributed by atoms with van der Waals surface area (Å²) in [6.07, 6.45) is 2.25. The molecule has 0 aliphatic carbocycles. The van der Waals surface area contributed by atoms with E-state index in [-0.39, 0.29) is 5.69 Å². The van der Waals surface area contributed by atoms with E-state index < -0.39 is 10.9 Å². The maximum absolute atomic E-state index is 10.6. The van der Waals surface area contributed by atoms with Crippen molar-refractivity contribution in [2.24, 2.45) is 0 Å². The van der Waals surface area contributed by atoms with Gasteiger partial charge in [-0.3, -0.25) is 10.1 Å². The van der Waals surface area contributed by atoms with Crippen LogP contribution in [0.3, 0.4) is 0 Å². The number of aryl methyl sites for hydroxylation is 1. The molecule has 78 valence electrons. The Labute approximate surface area is 85.8 Å². The summed E-state index contributed by atoms with van der Waals surface area (Å²) in [5.74, 6) is -1.08. The van der Waals surface area contributed by atoms with Gasteiger partial charge in [0.1, 0.15) is 0 Å². The molecule has 0 saturated heterocycles. The van der Waals surface area contributed by atoms with Crippen LogP contribution < -0.4 is 0 Å². The summed E-state index contributed by atoms with van der Waals surface area (Å²) in [6.45, 7) is 1.63.